The van der Waals surface area contributed by atoms with Crippen LogP contribution in [0.4, 0.5) is 4.39 Å². The van der Waals surface area contributed by atoms with E-state index in [-0.39, 0.29) is 25.1 Å². The standard InChI is InChI=1S/C16H25FN2O4S/c1-24(21,22)18-14-6-8-19(9-7-14)10-15(20)12-23-11-13-4-2-3-5-16(13)17/h2-5,14-15,18,20H,6-12H2,1H3. The molecule has 0 radical (unpaired) electrons. The summed E-state index contributed by atoms with van der Waals surface area (Å²) in [6.45, 7) is 2.16. The Hall–Kier alpha value is -1.06. The fourth-order valence-electron chi connectivity index (χ4n) is 2.81. The Morgan fingerprint density at radius 3 is 2.67 bits per heavy atom. The second-order valence-corrected chi connectivity index (χ2v) is 8.01. The van der Waals surface area contributed by atoms with E-state index in [1.165, 1.54) is 6.07 Å². The van der Waals surface area contributed by atoms with Crippen molar-refractivity contribution in [3.05, 3.63) is 35.6 Å². The lowest BCUT2D eigenvalue weighted by Crippen LogP contribution is -2.46. The molecule has 1 aliphatic heterocycles. The summed E-state index contributed by atoms with van der Waals surface area (Å²) in [5.74, 6) is -0.313. The average Bonchev–Trinajstić information content (AvgIpc) is 2.50. The predicted molar refractivity (Wildman–Crippen MR) is 89.5 cm³/mol. The van der Waals surface area contributed by atoms with Crippen LogP contribution < -0.4 is 4.72 Å². The fourth-order valence-corrected chi connectivity index (χ4v) is 3.65. The van der Waals surface area contributed by atoms with E-state index in [0.717, 1.165) is 32.2 Å². The van der Waals surface area contributed by atoms with Crippen molar-refractivity contribution in [2.24, 2.45) is 0 Å². The van der Waals surface area contributed by atoms with Gasteiger partial charge in [-0.2, -0.15) is 0 Å². The van der Waals surface area contributed by atoms with Crippen LogP contribution in [0.3, 0.4) is 0 Å². The Kier molecular flexibility index (Phi) is 7.12. The monoisotopic (exact) mass is 360 g/mol. The third-order valence-electron chi connectivity index (χ3n) is 3.96. The lowest BCUT2D eigenvalue weighted by molar-refractivity contribution is 0.00537. The van der Waals surface area contributed by atoms with Crippen LogP contribution in [0.1, 0.15) is 18.4 Å². The van der Waals surface area contributed by atoms with Crippen LogP contribution in [0, 0.1) is 5.82 Å². The first-order valence-corrected chi connectivity index (χ1v) is 9.91. The van der Waals surface area contributed by atoms with Gasteiger partial charge in [-0.25, -0.2) is 17.5 Å². The largest absolute Gasteiger partial charge is 0.389 e. The smallest absolute Gasteiger partial charge is 0.208 e. The molecule has 0 spiro atoms. The van der Waals surface area contributed by atoms with Crippen molar-refractivity contribution < 1.29 is 22.7 Å². The molecule has 1 aliphatic rings. The molecule has 6 nitrogen and oxygen atoms in total. The number of benzene rings is 1. The van der Waals surface area contributed by atoms with E-state index in [2.05, 4.69) is 9.62 Å². The van der Waals surface area contributed by atoms with Crippen LogP contribution in [0.5, 0.6) is 0 Å². The number of rotatable bonds is 8. The molecule has 2 rings (SSSR count). The van der Waals surface area contributed by atoms with E-state index < -0.39 is 16.1 Å². The molecule has 1 fully saturated rings. The number of sulfonamides is 1. The minimum Gasteiger partial charge on any atom is -0.389 e. The number of halogens is 1. The van der Waals surface area contributed by atoms with Crippen LogP contribution in [0.2, 0.25) is 0 Å². The summed E-state index contributed by atoms with van der Waals surface area (Å²) in [6, 6.07) is 6.36. The summed E-state index contributed by atoms with van der Waals surface area (Å²) < 4.78 is 43.9. The molecule has 0 aliphatic carbocycles. The van der Waals surface area contributed by atoms with Crippen molar-refractivity contribution >= 4 is 10.0 Å². The molecule has 1 aromatic rings. The van der Waals surface area contributed by atoms with Crippen molar-refractivity contribution in [1.29, 1.82) is 0 Å². The van der Waals surface area contributed by atoms with Crippen LogP contribution in [-0.4, -0.2) is 63.1 Å². The number of ether oxygens (including phenoxy) is 1. The number of piperidine rings is 1. The van der Waals surface area contributed by atoms with E-state index in [9.17, 15) is 17.9 Å². The predicted octanol–water partition coefficient (Wildman–Crippen LogP) is 0.717. The minimum atomic E-state index is -3.17. The van der Waals surface area contributed by atoms with E-state index in [1.807, 2.05) is 0 Å². The van der Waals surface area contributed by atoms with Crippen LogP contribution >= 0.6 is 0 Å². The van der Waals surface area contributed by atoms with E-state index in [4.69, 9.17) is 4.74 Å². The van der Waals surface area contributed by atoms with Crippen molar-refractivity contribution in [2.75, 3.05) is 32.5 Å². The summed E-state index contributed by atoms with van der Waals surface area (Å²) >= 11 is 0. The second kappa shape index (κ2) is 8.87. The Labute approximate surface area is 142 Å². The molecular formula is C16H25FN2O4S. The summed E-state index contributed by atoms with van der Waals surface area (Å²) in [7, 11) is -3.17. The minimum absolute atomic E-state index is 0.0364. The molecule has 8 heteroatoms. The van der Waals surface area contributed by atoms with Crippen molar-refractivity contribution in [1.82, 2.24) is 9.62 Å². The molecule has 1 saturated heterocycles. The highest BCUT2D eigenvalue weighted by molar-refractivity contribution is 7.88. The normalized spacial score (nSPS) is 18.6. The maximum absolute atomic E-state index is 13.4. The lowest BCUT2D eigenvalue weighted by atomic mass is 10.1. The van der Waals surface area contributed by atoms with E-state index in [0.29, 0.717) is 12.1 Å². The number of aliphatic hydroxyl groups is 1. The third-order valence-corrected chi connectivity index (χ3v) is 4.72. The summed E-state index contributed by atoms with van der Waals surface area (Å²) in [4.78, 5) is 2.08. The van der Waals surface area contributed by atoms with Gasteiger partial charge in [0.2, 0.25) is 10.0 Å². The van der Waals surface area contributed by atoms with Crippen molar-refractivity contribution in [3.8, 4) is 0 Å². The van der Waals surface area contributed by atoms with Gasteiger partial charge >= 0.3 is 0 Å². The van der Waals surface area contributed by atoms with Crippen molar-refractivity contribution in [2.45, 2.75) is 31.6 Å². The number of hydrogen-bond donors (Lipinski definition) is 2. The summed E-state index contributed by atoms with van der Waals surface area (Å²) in [5, 5.41) is 10.0. The van der Waals surface area contributed by atoms with Gasteiger partial charge in [0.25, 0.3) is 0 Å². The van der Waals surface area contributed by atoms with Gasteiger partial charge < -0.3 is 14.7 Å². The zero-order chi connectivity index (χ0) is 17.6. The second-order valence-electron chi connectivity index (χ2n) is 6.23. The van der Waals surface area contributed by atoms with Gasteiger partial charge in [0.1, 0.15) is 5.82 Å². The first-order valence-electron chi connectivity index (χ1n) is 8.02. The number of aliphatic hydroxyl groups excluding tert-OH is 1. The first-order chi connectivity index (χ1) is 11.3. The Balaban J connectivity index is 1.65. The first kappa shape index (κ1) is 19.3. The molecule has 0 aromatic heterocycles. The van der Waals surface area contributed by atoms with Crippen LogP contribution in [0.15, 0.2) is 24.3 Å². The molecule has 1 aromatic carbocycles. The van der Waals surface area contributed by atoms with Gasteiger partial charge in [0, 0.05) is 18.2 Å². The lowest BCUT2D eigenvalue weighted by Gasteiger charge is -2.33. The molecule has 0 saturated carbocycles. The molecule has 1 atom stereocenters. The van der Waals surface area contributed by atoms with E-state index in [1.54, 1.807) is 18.2 Å². The summed E-state index contributed by atoms with van der Waals surface area (Å²) in [5.41, 5.74) is 0.470. The zero-order valence-electron chi connectivity index (χ0n) is 13.8. The highest BCUT2D eigenvalue weighted by Gasteiger charge is 2.23. The molecule has 1 unspecified atom stereocenters. The van der Waals surface area contributed by atoms with Gasteiger partial charge in [-0.05, 0) is 32.0 Å². The SMILES string of the molecule is CS(=O)(=O)NC1CCN(CC(O)COCc2ccccc2F)CC1. The maximum atomic E-state index is 13.4. The quantitative estimate of drug-likeness (QED) is 0.714. The van der Waals surface area contributed by atoms with Gasteiger partial charge in [-0.1, -0.05) is 18.2 Å². The van der Waals surface area contributed by atoms with E-state index >= 15 is 0 Å². The Bertz CT molecular complexity index is 618. The number of likely N-dealkylation sites (tertiary alicyclic amines) is 1. The van der Waals surface area contributed by atoms with Gasteiger partial charge in [0.15, 0.2) is 0 Å². The zero-order valence-corrected chi connectivity index (χ0v) is 14.6. The molecule has 136 valence electrons. The van der Waals surface area contributed by atoms with Crippen LogP contribution in [0.25, 0.3) is 0 Å². The molecule has 24 heavy (non-hydrogen) atoms. The topological polar surface area (TPSA) is 78.9 Å². The fraction of sp³-hybridized carbons (Fsp3) is 0.625. The molecule has 2 N–H and O–H groups in total. The Morgan fingerprint density at radius 2 is 2.04 bits per heavy atom. The number of β-amino-alcohol motifs (C(OH)–C–C–N with tert-alkyl or cyclic N) is 1. The number of nitrogens with zero attached hydrogens (tertiary/aromatic N) is 1. The maximum Gasteiger partial charge on any atom is 0.208 e. The highest BCUT2D eigenvalue weighted by Crippen LogP contribution is 2.12. The Morgan fingerprint density at radius 1 is 1.38 bits per heavy atom. The number of nitrogens with one attached hydrogen (secondary N) is 1. The summed E-state index contributed by atoms with van der Waals surface area (Å²) in [6.07, 6.45) is 1.94. The molecule has 0 bridgehead atoms. The van der Waals surface area contributed by atoms with Gasteiger partial charge in [-0.15, -0.1) is 0 Å². The highest BCUT2D eigenvalue weighted by atomic mass is 32.2. The molecule has 1 heterocycles. The van der Waals surface area contributed by atoms with Crippen molar-refractivity contribution in [3.63, 3.8) is 0 Å². The molecule has 0 amide bonds. The molecular weight excluding hydrogens is 335 g/mol. The average molecular weight is 360 g/mol. The number of hydrogen-bond acceptors (Lipinski definition) is 5. The van der Waals surface area contributed by atoms with Gasteiger partial charge in [-0.3, -0.25) is 0 Å². The van der Waals surface area contributed by atoms with Crippen LogP contribution in [-0.2, 0) is 21.4 Å². The van der Waals surface area contributed by atoms with Gasteiger partial charge in [0.05, 0.1) is 25.6 Å². The third kappa shape index (κ3) is 6.82.